The van der Waals surface area contributed by atoms with Gasteiger partial charge in [0.05, 0.1) is 12.9 Å². The first-order chi connectivity index (χ1) is 16.1. The summed E-state index contributed by atoms with van der Waals surface area (Å²) in [4.78, 5) is 15.3. The molecule has 1 N–H and O–H groups in total. The third-order valence-electron chi connectivity index (χ3n) is 6.04. The van der Waals surface area contributed by atoms with Crippen LogP contribution in [-0.2, 0) is 14.3 Å². The Morgan fingerprint density at radius 2 is 1.38 bits per heavy atom. The van der Waals surface area contributed by atoms with Gasteiger partial charge in [-0.05, 0) is 42.2 Å². The Morgan fingerprint density at radius 1 is 0.882 bits per heavy atom. The second-order valence-corrected chi connectivity index (χ2v) is 11.5. The van der Waals surface area contributed by atoms with Gasteiger partial charge >= 0.3 is 6.03 Å². The number of hydrogen-bond donors (Lipinski definition) is 1. The molecule has 0 aromatic heterocycles. The Morgan fingerprint density at radius 3 is 1.85 bits per heavy atom. The van der Waals surface area contributed by atoms with Crippen molar-refractivity contribution in [2.45, 2.75) is 104 Å². The van der Waals surface area contributed by atoms with E-state index >= 15 is 0 Å². The lowest BCUT2D eigenvalue weighted by atomic mass is 9.93. The molecule has 196 valence electrons. The average molecular weight is 497 g/mol. The average Bonchev–Trinajstić information content (AvgIpc) is 2.75. The zero-order valence-corrected chi connectivity index (χ0v) is 23.2. The van der Waals surface area contributed by atoms with Gasteiger partial charge in [0.1, 0.15) is 0 Å². The van der Waals surface area contributed by atoms with Gasteiger partial charge in [0.15, 0.2) is 0 Å². The number of nitrogens with one attached hydrogen (secondary N) is 1. The molecule has 0 aliphatic carbocycles. The van der Waals surface area contributed by atoms with Crippen molar-refractivity contribution in [2.75, 3.05) is 31.3 Å². The van der Waals surface area contributed by atoms with Gasteiger partial charge in [-0.3, -0.25) is 4.18 Å². The predicted octanol–water partition coefficient (Wildman–Crippen LogP) is 7.27. The van der Waals surface area contributed by atoms with E-state index in [1.165, 1.54) is 30.4 Å². The zero-order chi connectivity index (χ0) is 25.6. The van der Waals surface area contributed by atoms with Crippen LogP contribution in [0.5, 0.6) is 0 Å². The number of benzene rings is 1. The fraction of sp³-hybridized carbons (Fsp3) is 0.741. The summed E-state index contributed by atoms with van der Waals surface area (Å²) in [5.41, 5.74) is 3.31. The summed E-state index contributed by atoms with van der Waals surface area (Å²) < 4.78 is 26.9. The van der Waals surface area contributed by atoms with E-state index in [1.807, 2.05) is 4.90 Å². The van der Waals surface area contributed by atoms with E-state index in [9.17, 15) is 13.2 Å². The summed E-state index contributed by atoms with van der Waals surface area (Å²) in [6.07, 6.45) is 10.3. The molecule has 0 aliphatic heterocycles. The topological polar surface area (TPSA) is 75.7 Å². The van der Waals surface area contributed by atoms with Gasteiger partial charge in [-0.2, -0.15) is 8.42 Å². The Bertz CT molecular complexity index is 796. The number of rotatable bonds is 17. The Hall–Kier alpha value is -1.60. The van der Waals surface area contributed by atoms with Gasteiger partial charge in [0, 0.05) is 18.8 Å². The Labute approximate surface area is 209 Å². The maximum atomic E-state index is 13.4. The minimum atomic E-state index is -3.37. The molecule has 0 radical (unpaired) electrons. The molecule has 0 unspecified atom stereocenters. The van der Waals surface area contributed by atoms with Gasteiger partial charge in [0.25, 0.3) is 10.1 Å². The predicted molar refractivity (Wildman–Crippen MR) is 143 cm³/mol. The van der Waals surface area contributed by atoms with E-state index in [1.54, 1.807) is 0 Å². The summed E-state index contributed by atoms with van der Waals surface area (Å²) in [6.45, 7) is 12.5. The monoisotopic (exact) mass is 496 g/mol. The molecule has 0 saturated carbocycles. The van der Waals surface area contributed by atoms with Crippen LogP contribution in [0.1, 0.15) is 115 Å². The molecule has 0 bridgehead atoms. The second-order valence-electron chi connectivity index (χ2n) is 9.89. The van der Waals surface area contributed by atoms with Crippen LogP contribution in [0.25, 0.3) is 0 Å². The maximum Gasteiger partial charge on any atom is 0.321 e. The number of unbranched alkanes of at least 4 members (excludes halogenated alkanes) is 7. The van der Waals surface area contributed by atoms with Crippen LogP contribution < -0.4 is 5.32 Å². The van der Waals surface area contributed by atoms with Crippen LogP contribution in [-0.4, -0.2) is 45.3 Å². The number of amides is 2. The summed E-state index contributed by atoms with van der Waals surface area (Å²) in [7, 11) is -3.37. The normalized spacial score (nSPS) is 11.9. The fourth-order valence-corrected chi connectivity index (χ4v) is 4.49. The van der Waals surface area contributed by atoms with Crippen molar-refractivity contribution in [3.8, 4) is 0 Å². The van der Waals surface area contributed by atoms with Crippen LogP contribution in [0.4, 0.5) is 10.5 Å². The van der Waals surface area contributed by atoms with Crippen LogP contribution in [0, 0.1) is 0 Å². The molecule has 2 amide bonds. The van der Waals surface area contributed by atoms with Crippen molar-refractivity contribution in [2.24, 2.45) is 0 Å². The first-order valence-electron chi connectivity index (χ1n) is 13.1. The maximum absolute atomic E-state index is 13.4. The van der Waals surface area contributed by atoms with E-state index < -0.39 is 10.1 Å². The Balaban J connectivity index is 2.77. The van der Waals surface area contributed by atoms with Crippen molar-refractivity contribution in [3.05, 3.63) is 29.3 Å². The van der Waals surface area contributed by atoms with Crippen molar-refractivity contribution in [1.82, 2.24) is 4.90 Å². The van der Waals surface area contributed by atoms with Crippen molar-refractivity contribution < 1.29 is 17.4 Å². The molecule has 0 fully saturated rings. The molecule has 7 heteroatoms. The van der Waals surface area contributed by atoms with Crippen LogP contribution in [0.15, 0.2) is 18.2 Å². The molecule has 0 saturated heterocycles. The first-order valence-corrected chi connectivity index (χ1v) is 14.9. The molecule has 1 aromatic carbocycles. The molecular weight excluding hydrogens is 448 g/mol. The Kier molecular flexibility index (Phi) is 14.4. The number of nitrogens with zero attached hydrogens (tertiary/aromatic N) is 1. The minimum absolute atomic E-state index is 0.0223. The van der Waals surface area contributed by atoms with E-state index in [-0.39, 0.29) is 12.6 Å². The molecule has 0 aliphatic rings. The fourth-order valence-electron chi connectivity index (χ4n) is 4.07. The van der Waals surface area contributed by atoms with Crippen LogP contribution in [0.2, 0.25) is 0 Å². The molecular formula is C27H48N2O4S. The lowest BCUT2D eigenvalue weighted by molar-refractivity contribution is 0.208. The third-order valence-corrected chi connectivity index (χ3v) is 6.64. The van der Waals surface area contributed by atoms with Gasteiger partial charge in [-0.1, -0.05) is 91.3 Å². The van der Waals surface area contributed by atoms with Crippen molar-refractivity contribution in [3.63, 3.8) is 0 Å². The van der Waals surface area contributed by atoms with Crippen LogP contribution >= 0.6 is 0 Å². The molecule has 0 spiro atoms. The number of anilines is 1. The number of hydrogen-bond acceptors (Lipinski definition) is 4. The lowest BCUT2D eigenvalue weighted by Gasteiger charge is -2.26. The first kappa shape index (κ1) is 30.4. The summed E-state index contributed by atoms with van der Waals surface area (Å²) >= 11 is 0. The third kappa shape index (κ3) is 12.2. The highest BCUT2D eigenvalue weighted by molar-refractivity contribution is 7.85. The quantitative estimate of drug-likeness (QED) is 0.182. The van der Waals surface area contributed by atoms with Crippen molar-refractivity contribution in [1.29, 1.82) is 0 Å². The van der Waals surface area contributed by atoms with E-state index in [0.29, 0.717) is 24.8 Å². The smallest absolute Gasteiger partial charge is 0.321 e. The van der Waals surface area contributed by atoms with E-state index in [4.69, 9.17) is 4.18 Å². The molecule has 0 heterocycles. The van der Waals surface area contributed by atoms with Crippen LogP contribution in [0.3, 0.4) is 0 Å². The van der Waals surface area contributed by atoms with Crippen molar-refractivity contribution >= 4 is 21.8 Å². The van der Waals surface area contributed by atoms with Gasteiger partial charge in [-0.15, -0.1) is 0 Å². The number of carbonyl (C=O) groups is 1. The minimum Gasteiger partial charge on any atom is -0.325 e. The molecule has 0 atom stereocenters. The highest BCUT2D eigenvalue weighted by Crippen LogP contribution is 2.32. The number of para-hydroxylation sites is 1. The molecule has 1 rings (SSSR count). The SMILES string of the molecule is CCCCCCCN(CCCCCCOS(C)(=O)=O)C(=O)Nc1c(C(C)C)cccc1C(C)C. The van der Waals surface area contributed by atoms with Gasteiger partial charge in [-0.25, -0.2) is 4.79 Å². The zero-order valence-electron chi connectivity index (χ0n) is 22.4. The molecule has 34 heavy (non-hydrogen) atoms. The molecule has 1 aromatic rings. The second kappa shape index (κ2) is 16.1. The van der Waals surface area contributed by atoms with Gasteiger partial charge < -0.3 is 10.2 Å². The highest BCUT2D eigenvalue weighted by atomic mass is 32.2. The highest BCUT2D eigenvalue weighted by Gasteiger charge is 2.19. The lowest BCUT2D eigenvalue weighted by Crippen LogP contribution is -2.37. The molecule has 6 nitrogen and oxygen atoms in total. The summed E-state index contributed by atoms with van der Waals surface area (Å²) in [6, 6.07) is 6.28. The number of carbonyl (C=O) groups excluding carboxylic acids is 1. The van der Waals surface area contributed by atoms with E-state index in [2.05, 4.69) is 58.1 Å². The largest absolute Gasteiger partial charge is 0.325 e. The summed E-state index contributed by atoms with van der Waals surface area (Å²) in [5.74, 6) is 0.649. The number of urea groups is 1. The standard InChI is InChI=1S/C27H48N2O4S/c1-7-8-9-10-13-19-29(20-14-11-12-15-21-33-34(6,31)32)27(30)28-26-24(22(2)3)17-16-18-25(26)23(4)5/h16-18,22-23H,7-15,19-21H2,1-6H3,(H,28,30). The summed E-state index contributed by atoms with van der Waals surface area (Å²) in [5, 5.41) is 3.27. The van der Waals surface area contributed by atoms with E-state index in [0.717, 1.165) is 50.6 Å². The van der Waals surface area contributed by atoms with Gasteiger partial charge in [0.2, 0.25) is 0 Å².